The predicted octanol–water partition coefficient (Wildman–Crippen LogP) is 4.26. The number of aryl methyl sites for hydroxylation is 1. The Kier molecular flexibility index (Phi) is 5.47. The standard InChI is InChI=1S/C24H23N3O2/c1-2-24(29)27-14-12-21-15-20(8-9-22(21)27)18-4-6-19(7-5-18)23(28)10-3-17-11-13-25-26-16-17/h4-9,11,13,15-16H,2-3,10,12,14H2,1H3. The number of anilines is 1. The number of hydrogen-bond acceptors (Lipinski definition) is 4. The van der Waals surface area contributed by atoms with Crippen molar-refractivity contribution in [3.8, 4) is 11.1 Å². The number of nitrogens with zero attached hydrogens (tertiary/aromatic N) is 3. The zero-order valence-corrected chi connectivity index (χ0v) is 16.5. The lowest BCUT2D eigenvalue weighted by molar-refractivity contribution is -0.118. The van der Waals surface area contributed by atoms with Crippen molar-refractivity contribution < 1.29 is 9.59 Å². The maximum Gasteiger partial charge on any atom is 0.226 e. The molecule has 1 aliphatic rings. The monoisotopic (exact) mass is 385 g/mol. The first-order valence-electron chi connectivity index (χ1n) is 9.98. The lowest BCUT2D eigenvalue weighted by Gasteiger charge is -2.16. The second-order valence-electron chi connectivity index (χ2n) is 7.24. The first kappa shape index (κ1) is 19.0. The summed E-state index contributed by atoms with van der Waals surface area (Å²) < 4.78 is 0. The van der Waals surface area contributed by atoms with Gasteiger partial charge in [-0.15, -0.1) is 0 Å². The molecule has 0 fully saturated rings. The van der Waals surface area contributed by atoms with Gasteiger partial charge < -0.3 is 4.90 Å². The van der Waals surface area contributed by atoms with Gasteiger partial charge in [0, 0.05) is 36.8 Å². The van der Waals surface area contributed by atoms with E-state index in [0.29, 0.717) is 19.3 Å². The second-order valence-corrected chi connectivity index (χ2v) is 7.24. The molecule has 0 bridgehead atoms. The van der Waals surface area contributed by atoms with Gasteiger partial charge in [-0.25, -0.2) is 0 Å². The Morgan fingerprint density at radius 2 is 1.79 bits per heavy atom. The van der Waals surface area contributed by atoms with Gasteiger partial charge in [-0.2, -0.15) is 10.2 Å². The van der Waals surface area contributed by atoms with Crippen molar-refractivity contribution in [3.63, 3.8) is 0 Å². The molecule has 5 nitrogen and oxygen atoms in total. The summed E-state index contributed by atoms with van der Waals surface area (Å²) in [7, 11) is 0. The van der Waals surface area contributed by atoms with E-state index >= 15 is 0 Å². The number of carbonyl (C=O) groups is 2. The minimum atomic E-state index is 0.121. The van der Waals surface area contributed by atoms with Crippen molar-refractivity contribution in [1.82, 2.24) is 10.2 Å². The van der Waals surface area contributed by atoms with Crippen LogP contribution in [0.5, 0.6) is 0 Å². The van der Waals surface area contributed by atoms with Crippen LogP contribution >= 0.6 is 0 Å². The number of carbonyl (C=O) groups excluding carboxylic acids is 2. The van der Waals surface area contributed by atoms with Crippen LogP contribution in [0.2, 0.25) is 0 Å². The fourth-order valence-electron chi connectivity index (χ4n) is 3.75. The van der Waals surface area contributed by atoms with Crippen LogP contribution in [0.15, 0.2) is 60.9 Å². The minimum absolute atomic E-state index is 0.121. The SMILES string of the molecule is CCC(=O)N1CCc2cc(-c3ccc(C(=O)CCc4ccnnc4)cc3)ccc21. The third-order valence-electron chi connectivity index (χ3n) is 5.40. The Bertz CT molecular complexity index is 1030. The molecule has 0 atom stereocenters. The third kappa shape index (κ3) is 4.09. The Morgan fingerprint density at radius 1 is 1.00 bits per heavy atom. The fourth-order valence-corrected chi connectivity index (χ4v) is 3.75. The van der Waals surface area contributed by atoms with Gasteiger partial charge >= 0.3 is 0 Å². The molecular formula is C24H23N3O2. The van der Waals surface area contributed by atoms with Crippen LogP contribution < -0.4 is 4.90 Å². The molecule has 29 heavy (non-hydrogen) atoms. The van der Waals surface area contributed by atoms with Crippen molar-refractivity contribution in [2.45, 2.75) is 32.6 Å². The topological polar surface area (TPSA) is 63.2 Å². The van der Waals surface area contributed by atoms with Crippen molar-refractivity contribution in [3.05, 3.63) is 77.6 Å². The number of ketones is 1. The van der Waals surface area contributed by atoms with E-state index in [1.807, 2.05) is 54.3 Å². The summed E-state index contributed by atoms with van der Waals surface area (Å²) in [5.74, 6) is 0.290. The van der Waals surface area contributed by atoms with Crippen LogP contribution in [0, 0.1) is 0 Å². The van der Waals surface area contributed by atoms with Crippen LogP contribution in [-0.2, 0) is 17.6 Å². The number of benzene rings is 2. The van der Waals surface area contributed by atoms with E-state index < -0.39 is 0 Å². The summed E-state index contributed by atoms with van der Waals surface area (Å²) in [5, 5.41) is 7.59. The Morgan fingerprint density at radius 3 is 2.52 bits per heavy atom. The number of aromatic nitrogens is 2. The Balaban J connectivity index is 1.45. The average Bonchev–Trinajstić information content (AvgIpc) is 3.21. The summed E-state index contributed by atoms with van der Waals surface area (Å²) in [6, 6.07) is 15.9. The molecule has 1 amide bonds. The zero-order chi connectivity index (χ0) is 20.2. The molecule has 0 radical (unpaired) electrons. The molecule has 0 N–H and O–H groups in total. The average molecular weight is 385 g/mol. The lowest BCUT2D eigenvalue weighted by atomic mass is 9.98. The van der Waals surface area contributed by atoms with Crippen molar-refractivity contribution in [1.29, 1.82) is 0 Å². The number of fused-ring (bicyclic) bond motifs is 1. The van der Waals surface area contributed by atoms with Gasteiger partial charge in [0.25, 0.3) is 0 Å². The minimum Gasteiger partial charge on any atom is -0.312 e. The van der Waals surface area contributed by atoms with E-state index in [2.05, 4.69) is 16.3 Å². The van der Waals surface area contributed by atoms with Gasteiger partial charge in [-0.05, 0) is 53.3 Å². The second kappa shape index (κ2) is 8.35. The van der Waals surface area contributed by atoms with Gasteiger partial charge in [0.2, 0.25) is 5.91 Å². The number of amides is 1. The molecule has 146 valence electrons. The van der Waals surface area contributed by atoms with Gasteiger partial charge in [-0.3, -0.25) is 9.59 Å². The third-order valence-corrected chi connectivity index (χ3v) is 5.40. The smallest absolute Gasteiger partial charge is 0.226 e. The highest BCUT2D eigenvalue weighted by molar-refractivity contribution is 5.97. The Labute approximate surface area is 170 Å². The molecule has 2 aromatic carbocycles. The maximum absolute atomic E-state index is 12.5. The summed E-state index contributed by atoms with van der Waals surface area (Å²) in [6.45, 7) is 2.65. The van der Waals surface area contributed by atoms with Crippen LogP contribution in [0.25, 0.3) is 11.1 Å². The summed E-state index contributed by atoms with van der Waals surface area (Å²) in [4.78, 5) is 26.4. The van der Waals surface area contributed by atoms with Crippen molar-refractivity contribution in [2.24, 2.45) is 0 Å². The summed E-state index contributed by atoms with van der Waals surface area (Å²) >= 11 is 0. The molecule has 1 aliphatic heterocycles. The summed E-state index contributed by atoms with van der Waals surface area (Å²) in [6.07, 6.45) is 5.85. The van der Waals surface area contributed by atoms with Crippen molar-refractivity contribution >= 4 is 17.4 Å². The lowest BCUT2D eigenvalue weighted by Crippen LogP contribution is -2.27. The molecule has 3 aromatic rings. The van der Waals surface area contributed by atoms with Crippen LogP contribution in [0.1, 0.15) is 41.3 Å². The first-order chi connectivity index (χ1) is 14.2. The van der Waals surface area contributed by atoms with Gasteiger partial charge in [-0.1, -0.05) is 37.3 Å². The molecule has 0 aliphatic carbocycles. The molecule has 0 saturated heterocycles. The van der Waals surface area contributed by atoms with E-state index in [-0.39, 0.29) is 11.7 Å². The van der Waals surface area contributed by atoms with E-state index in [9.17, 15) is 9.59 Å². The molecular weight excluding hydrogens is 362 g/mol. The molecule has 0 saturated carbocycles. The quantitative estimate of drug-likeness (QED) is 0.595. The number of Topliss-reactive ketones (excluding diaryl/α,β-unsaturated/α-hetero) is 1. The van der Waals surface area contributed by atoms with Crippen molar-refractivity contribution in [2.75, 3.05) is 11.4 Å². The summed E-state index contributed by atoms with van der Waals surface area (Å²) in [5.41, 5.74) is 6.14. The van der Waals surface area contributed by atoms with Gasteiger partial charge in [0.1, 0.15) is 0 Å². The van der Waals surface area contributed by atoms with Crippen LogP contribution in [0.4, 0.5) is 5.69 Å². The molecule has 5 heteroatoms. The molecule has 1 aromatic heterocycles. The molecule has 4 rings (SSSR count). The molecule has 2 heterocycles. The first-order valence-corrected chi connectivity index (χ1v) is 9.98. The largest absolute Gasteiger partial charge is 0.312 e. The normalized spacial score (nSPS) is 12.7. The van der Waals surface area contributed by atoms with Crippen LogP contribution in [-0.4, -0.2) is 28.4 Å². The van der Waals surface area contributed by atoms with E-state index in [4.69, 9.17) is 0 Å². The predicted molar refractivity (Wildman–Crippen MR) is 113 cm³/mol. The molecule has 0 spiro atoms. The number of rotatable bonds is 6. The highest BCUT2D eigenvalue weighted by Gasteiger charge is 2.23. The van der Waals surface area contributed by atoms with Gasteiger partial charge in [0.15, 0.2) is 5.78 Å². The Hall–Kier alpha value is -3.34. The van der Waals surface area contributed by atoms with E-state index in [0.717, 1.165) is 40.9 Å². The van der Waals surface area contributed by atoms with Crippen LogP contribution in [0.3, 0.4) is 0 Å². The highest BCUT2D eigenvalue weighted by atomic mass is 16.2. The zero-order valence-electron chi connectivity index (χ0n) is 16.5. The highest BCUT2D eigenvalue weighted by Crippen LogP contribution is 2.32. The van der Waals surface area contributed by atoms with E-state index in [1.54, 1.807) is 12.4 Å². The maximum atomic E-state index is 12.5. The van der Waals surface area contributed by atoms with Gasteiger partial charge in [0.05, 0.1) is 6.20 Å². The fraction of sp³-hybridized carbons (Fsp3) is 0.250. The van der Waals surface area contributed by atoms with E-state index in [1.165, 1.54) is 5.56 Å². The number of hydrogen-bond donors (Lipinski definition) is 0. The molecule has 0 unspecified atom stereocenters.